The second-order valence-electron chi connectivity index (χ2n) is 7.27. The summed E-state index contributed by atoms with van der Waals surface area (Å²) in [6.07, 6.45) is 5.83. The highest BCUT2D eigenvalue weighted by atomic mass is 16.5. The first-order valence-corrected chi connectivity index (χ1v) is 9.33. The molecule has 2 aliphatic rings. The summed E-state index contributed by atoms with van der Waals surface area (Å²) in [5.41, 5.74) is 5.10. The maximum absolute atomic E-state index is 12.5. The summed E-state index contributed by atoms with van der Waals surface area (Å²) < 4.78 is 5.04. The molecule has 0 aromatic heterocycles. The number of ether oxygens (including phenoxy) is 1. The van der Waals surface area contributed by atoms with Crippen LogP contribution in [-0.4, -0.2) is 13.1 Å². The molecule has 1 heterocycles. The Kier molecular flexibility index (Phi) is 5.46. The van der Waals surface area contributed by atoms with Crippen molar-refractivity contribution >= 4 is 5.97 Å². The Labute approximate surface area is 155 Å². The van der Waals surface area contributed by atoms with Gasteiger partial charge in [0.2, 0.25) is 0 Å². The molecule has 1 aromatic carbocycles. The predicted octanol–water partition coefficient (Wildman–Crippen LogP) is 4.49. The molecule has 4 heteroatoms. The lowest BCUT2D eigenvalue weighted by molar-refractivity contribution is -0.136. The maximum Gasteiger partial charge on any atom is 0.336 e. The van der Waals surface area contributed by atoms with E-state index in [-0.39, 0.29) is 11.9 Å². The second-order valence-corrected chi connectivity index (χ2v) is 7.27. The summed E-state index contributed by atoms with van der Waals surface area (Å²) in [5.74, 6) is -0.386. The van der Waals surface area contributed by atoms with Crippen molar-refractivity contribution in [3.05, 3.63) is 57.9 Å². The summed E-state index contributed by atoms with van der Waals surface area (Å²) in [6.45, 7) is 3.94. The fraction of sp³-hybridized carbons (Fsp3) is 0.455. The van der Waals surface area contributed by atoms with E-state index in [1.165, 1.54) is 26.4 Å². The Balaban J connectivity index is 2.14. The number of nitrogens with zero attached hydrogens (tertiary/aromatic N) is 1. The number of nitrogens with one attached hydrogen (secondary N) is 1. The van der Waals surface area contributed by atoms with Gasteiger partial charge in [0.25, 0.3) is 0 Å². The van der Waals surface area contributed by atoms with Crippen LogP contribution in [-0.2, 0) is 9.53 Å². The van der Waals surface area contributed by atoms with Crippen LogP contribution < -0.4 is 5.32 Å². The number of carbonyl (C=O) groups is 1. The summed E-state index contributed by atoms with van der Waals surface area (Å²) in [5, 5.41) is 13.4. The molecular formula is C22H26N2O2. The number of esters is 1. The molecule has 26 heavy (non-hydrogen) atoms. The zero-order valence-electron chi connectivity index (χ0n) is 15.8. The van der Waals surface area contributed by atoms with Crippen LogP contribution in [0.2, 0.25) is 0 Å². The number of benzene rings is 1. The van der Waals surface area contributed by atoms with E-state index in [0.717, 1.165) is 35.4 Å². The Morgan fingerprint density at radius 2 is 1.81 bits per heavy atom. The predicted molar refractivity (Wildman–Crippen MR) is 101 cm³/mol. The molecule has 0 amide bonds. The lowest BCUT2D eigenvalue weighted by atomic mass is 9.76. The highest BCUT2D eigenvalue weighted by molar-refractivity contribution is 5.93. The van der Waals surface area contributed by atoms with Crippen LogP contribution >= 0.6 is 0 Å². The van der Waals surface area contributed by atoms with Gasteiger partial charge in [-0.05, 0) is 32.3 Å². The van der Waals surface area contributed by atoms with Gasteiger partial charge in [-0.1, -0.05) is 49.1 Å². The van der Waals surface area contributed by atoms with Gasteiger partial charge in [0.15, 0.2) is 0 Å². The number of aryl methyl sites for hydroxylation is 1. The van der Waals surface area contributed by atoms with Gasteiger partial charge in [0.05, 0.1) is 30.2 Å². The van der Waals surface area contributed by atoms with Gasteiger partial charge >= 0.3 is 5.97 Å². The van der Waals surface area contributed by atoms with Crippen molar-refractivity contribution in [2.45, 2.75) is 51.9 Å². The number of allylic oxidation sites excluding steroid dienone is 3. The van der Waals surface area contributed by atoms with E-state index in [0.29, 0.717) is 17.1 Å². The second kappa shape index (κ2) is 7.78. The Morgan fingerprint density at radius 3 is 2.38 bits per heavy atom. The zero-order valence-corrected chi connectivity index (χ0v) is 15.8. The molecule has 0 saturated heterocycles. The third kappa shape index (κ3) is 3.39. The van der Waals surface area contributed by atoms with Crippen molar-refractivity contribution in [3.63, 3.8) is 0 Å². The van der Waals surface area contributed by atoms with Crippen LogP contribution in [0.3, 0.4) is 0 Å². The number of nitriles is 1. The Hall–Kier alpha value is -2.54. The first-order chi connectivity index (χ1) is 12.6. The number of dihydropyridines is 1. The average Bonchev–Trinajstić information content (AvgIpc) is 2.68. The van der Waals surface area contributed by atoms with Gasteiger partial charge in [-0.2, -0.15) is 5.26 Å². The first-order valence-electron chi connectivity index (χ1n) is 9.33. The van der Waals surface area contributed by atoms with Gasteiger partial charge in [0, 0.05) is 17.3 Å². The van der Waals surface area contributed by atoms with E-state index >= 15 is 0 Å². The SMILES string of the molecule is COC(=O)C1=C(C)NC(C2CCCCC2)=C(C#N)C1c1ccc(C)cc1. The lowest BCUT2D eigenvalue weighted by Crippen LogP contribution is -2.33. The summed E-state index contributed by atoms with van der Waals surface area (Å²) in [6, 6.07) is 10.5. The quantitative estimate of drug-likeness (QED) is 0.816. The monoisotopic (exact) mass is 350 g/mol. The van der Waals surface area contributed by atoms with Gasteiger partial charge in [-0.15, -0.1) is 0 Å². The fourth-order valence-corrected chi connectivity index (χ4v) is 4.16. The number of rotatable bonds is 3. The van der Waals surface area contributed by atoms with Crippen molar-refractivity contribution in [2.24, 2.45) is 5.92 Å². The molecule has 1 saturated carbocycles. The largest absolute Gasteiger partial charge is 0.466 e. The average molecular weight is 350 g/mol. The Morgan fingerprint density at radius 1 is 1.15 bits per heavy atom. The van der Waals surface area contributed by atoms with E-state index in [9.17, 15) is 10.1 Å². The zero-order chi connectivity index (χ0) is 18.7. The summed E-state index contributed by atoms with van der Waals surface area (Å²) in [4.78, 5) is 12.5. The molecule has 1 fully saturated rings. The van der Waals surface area contributed by atoms with Gasteiger partial charge in [-0.3, -0.25) is 0 Å². The van der Waals surface area contributed by atoms with Crippen LogP contribution in [0.15, 0.2) is 46.8 Å². The van der Waals surface area contributed by atoms with Crippen LogP contribution in [0.1, 0.15) is 56.1 Å². The fourth-order valence-electron chi connectivity index (χ4n) is 4.16. The van der Waals surface area contributed by atoms with Crippen molar-refractivity contribution in [1.29, 1.82) is 5.26 Å². The highest BCUT2D eigenvalue weighted by Crippen LogP contribution is 2.42. The normalized spacial score (nSPS) is 21.2. The van der Waals surface area contributed by atoms with Crippen molar-refractivity contribution in [3.8, 4) is 6.07 Å². The molecule has 3 rings (SSSR count). The highest BCUT2D eigenvalue weighted by Gasteiger charge is 2.37. The molecular weight excluding hydrogens is 324 g/mol. The smallest absolute Gasteiger partial charge is 0.336 e. The van der Waals surface area contributed by atoms with Gasteiger partial charge < -0.3 is 10.1 Å². The van der Waals surface area contributed by atoms with Crippen LogP contribution in [0, 0.1) is 24.2 Å². The van der Waals surface area contributed by atoms with Crippen LogP contribution in [0.4, 0.5) is 0 Å². The molecule has 136 valence electrons. The minimum atomic E-state index is -0.379. The maximum atomic E-state index is 12.5. The molecule has 1 atom stereocenters. The van der Waals surface area contributed by atoms with E-state index in [2.05, 4.69) is 11.4 Å². The van der Waals surface area contributed by atoms with Crippen molar-refractivity contribution in [1.82, 2.24) is 5.32 Å². The number of hydrogen-bond acceptors (Lipinski definition) is 4. The third-order valence-electron chi connectivity index (χ3n) is 5.54. The molecule has 1 aliphatic carbocycles. The molecule has 1 aliphatic heterocycles. The van der Waals surface area contributed by atoms with Gasteiger partial charge in [-0.25, -0.2) is 4.79 Å². The molecule has 0 bridgehead atoms. The van der Waals surface area contributed by atoms with Crippen molar-refractivity contribution in [2.75, 3.05) is 7.11 Å². The number of hydrogen-bond donors (Lipinski definition) is 1. The molecule has 1 unspecified atom stereocenters. The lowest BCUT2D eigenvalue weighted by Gasteiger charge is -2.34. The third-order valence-corrected chi connectivity index (χ3v) is 5.54. The Bertz CT molecular complexity index is 790. The number of methoxy groups -OCH3 is 1. The molecule has 0 radical (unpaired) electrons. The summed E-state index contributed by atoms with van der Waals surface area (Å²) >= 11 is 0. The standard InChI is InChI=1S/C22H26N2O2/c1-14-9-11-16(12-10-14)20-18(13-23)21(17-7-5-4-6-8-17)24-15(2)19(20)22(25)26-3/h9-12,17,20,24H,4-8H2,1-3H3. The minimum Gasteiger partial charge on any atom is -0.466 e. The van der Waals surface area contributed by atoms with Crippen LogP contribution in [0.25, 0.3) is 0 Å². The number of carbonyl (C=O) groups excluding carboxylic acids is 1. The van der Waals surface area contributed by atoms with Gasteiger partial charge in [0.1, 0.15) is 0 Å². The summed E-state index contributed by atoms with van der Waals surface area (Å²) in [7, 11) is 1.39. The van der Waals surface area contributed by atoms with Crippen molar-refractivity contribution < 1.29 is 9.53 Å². The van der Waals surface area contributed by atoms with Crippen LogP contribution in [0.5, 0.6) is 0 Å². The van der Waals surface area contributed by atoms with E-state index in [1.807, 2.05) is 38.1 Å². The minimum absolute atomic E-state index is 0.362. The molecule has 1 N–H and O–H groups in total. The van der Waals surface area contributed by atoms with E-state index < -0.39 is 0 Å². The topological polar surface area (TPSA) is 62.1 Å². The van der Waals surface area contributed by atoms with E-state index in [1.54, 1.807) is 0 Å². The van der Waals surface area contributed by atoms with E-state index in [4.69, 9.17) is 4.74 Å². The molecule has 1 aromatic rings. The first kappa shape index (κ1) is 18.3. The molecule has 0 spiro atoms. The molecule has 4 nitrogen and oxygen atoms in total.